The lowest BCUT2D eigenvalue weighted by Gasteiger charge is -2.25. The molecule has 0 aliphatic carbocycles. The highest BCUT2D eigenvalue weighted by Gasteiger charge is 2.27. The van der Waals surface area contributed by atoms with Crippen LogP contribution < -0.4 is 10.6 Å². The van der Waals surface area contributed by atoms with Crippen LogP contribution in [0.15, 0.2) is 30.2 Å². The predicted molar refractivity (Wildman–Crippen MR) is 72.0 cm³/mol. The maximum atomic E-state index is 4.20. The molecular formula is C14H21N3. The molecular weight excluding hydrogens is 210 g/mol. The highest BCUT2D eigenvalue weighted by atomic mass is 15.1. The maximum absolute atomic E-state index is 4.20. The van der Waals surface area contributed by atoms with Crippen LogP contribution in [0.5, 0.6) is 0 Å². The van der Waals surface area contributed by atoms with E-state index in [2.05, 4.69) is 48.5 Å². The number of aryl methyl sites for hydroxylation is 1. The van der Waals surface area contributed by atoms with Gasteiger partial charge in [-0.2, -0.15) is 0 Å². The van der Waals surface area contributed by atoms with Crippen LogP contribution in [0.3, 0.4) is 0 Å². The first-order valence-corrected chi connectivity index (χ1v) is 6.33. The van der Waals surface area contributed by atoms with E-state index in [1.807, 2.05) is 12.4 Å². The van der Waals surface area contributed by atoms with Gasteiger partial charge in [0.1, 0.15) is 0 Å². The number of nitrogens with one attached hydrogen (secondary N) is 2. The summed E-state index contributed by atoms with van der Waals surface area (Å²) in [5.74, 6) is 0. The van der Waals surface area contributed by atoms with Crippen molar-refractivity contribution < 1.29 is 0 Å². The lowest BCUT2D eigenvalue weighted by atomic mass is 10.0. The minimum absolute atomic E-state index is 0.00169. The van der Waals surface area contributed by atoms with Crippen molar-refractivity contribution in [1.29, 1.82) is 0 Å². The summed E-state index contributed by atoms with van der Waals surface area (Å²) in [7, 11) is 0. The fourth-order valence-corrected chi connectivity index (χ4v) is 2.24. The molecule has 2 heterocycles. The third-order valence-corrected chi connectivity index (χ3v) is 3.27. The van der Waals surface area contributed by atoms with Gasteiger partial charge in [0.15, 0.2) is 0 Å². The molecule has 3 heteroatoms. The van der Waals surface area contributed by atoms with E-state index in [1.165, 1.54) is 11.3 Å². The summed E-state index contributed by atoms with van der Waals surface area (Å²) in [5, 5.41) is 7.03. The Morgan fingerprint density at radius 2 is 2.24 bits per heavy atom. The van der Waals surface area contributed by atoms with Gasteiger partial charge in [-0.1, -0.05) is 13.8 Å². The number of rotatable bonds is 4. The summed E-state index contributed by atoms with van der Waals surface area (Å²) in [6, 6.07) is 2.08. The van der Waals surface area contributed by atoms with Gasteiger partial charge < -0.3 is 10.6 Å². The van der Waals surface area contributed by atoms with Gasteiger partial charge in [-0.05, 0) is 37.5 Å². The molecule has 3 nitrogen and oxygen atoms in total. The van der Waals surface area contributed by atoms with E-state index in [9.17, 15) is 0 Å². The molecule has 1 aliphatic rings. The summed E-state index contributed by atoms with van der Waals surface area (Å²) < 4.78 is 0. The Hall–Kier alpha value is -1.51. The topological polar surface area (TPSA) is 37.0 Å². The van der Waals surface area contributed by atoms with Crippen LogP contribution in [0, 0.1) is 0 Å². The molecule has 0 aromatic carbocycles. The van der Waals surface area contributed by atoms with Crippen LogP contribution in [-0.4, -0.2) is 17.1 Å². The lowest BCUT2D eigenvalue weighted by molar-refractivity contribution is 0.634. The van der Waals surface area contributed by atoms with E-state index >= 15 is 0 Å². The highest BCUT2D eigenvalue weighted by Crippen LogP contribution is 2.24. The van der Waals surface area contributed by atoms with Gasteiger partial charge >= 0.3 is 0 Å². The molecule has 0 fully saturated rings. The third-order valence-electron chi connectivity index (χ3n) is 3.27. The van der Waals surface area contributed by atoms with Crippen molar-refractivity contribution in [3.63, 3.8) is 0 Å². The normalized spacial score (nSPS) is 23.1. The molecule has 1 aliphatic heterocycles. The van der Waals surface area contributed by atoms with Crippen molar-refractivity contribution in [1.82, 2.24) is 10.3 Å². The lowest BCUT2D eigenvalue weighted by Crippen LogP contribution is -2.37. The fraction of sp³-hybridized carbons (Fsp3) is 0.500. The molecule has 2 N–H and O–H groups in total. The number of nitrogens with zero attached hydrogens (tertiary/aromatic N) is 1. The molecule has 1 aromatic heterocycles. The van der Waals surface area contributed by atoms with E-state index in [-0.39, 0.29) is 5.54 Å². The van der Waals surface area contributed by atoms with Crippen LogP contribution >= 0.6 is 0 Å². The molecule has 1 unspecified atom stereocenters. The number of hydrogen-bond acceptors (Lipinski definition) is 3. The van der Waals surface area contributed by atoms with E-state index in [1.54, 1.807) is 0 Å². The molecule has 0 amide bonds. The molecule has 0 saturated heterocycles. The van der Waals surface area contributed by atoms with Crippen LogP contribution in [0.25, 0.3) is 0 Å². The SMILES string of the molecule is CCC1=CC(C)(Nc2cnccc2CC)CN1. The van der Waals surface area contributed by atoms with Crippen LogP contribution in [0.2, 0.25) is 0 Å². The summed E-state index contributed by atoms with van der Waals surface area (Å²) in [6.07, 6.45) is 8.15. The summed E-state index contributed by atoms with van der Waals surface area (Å²) >= 11 is 0. The largest absolute Gasteiger partial charge is 0.386 e. The van der Waals surface area contributed by atoms with Crippen molar-refractivity contribution in [2.75, 3.05) is 11.9 Å². The highest BCUT2D eigenvalue weighted by molar-refractivity contribution is 5.53. The summed E-state index contributed by atoms with van der Waals surface area (Å²) in [5.41, 5.74) is 3.78. The zero-order valence-corrected chi connectivity index (χ0v) is 10.9. The minimum atomic E-state index is -0.00169. The Kier molecular flexibility index (Phi) is 3.36. The smallest absolute Gasteiger partial charge is 0.0720 e. The van der Waals surface area contributed by atoms with Crippen molar-refractivity contribution >= 4 is 5.69 Å². The molecule has 0 spiro atoms. The summed E-state index contributed by atoms with van der Waals surface area (Å²) in [6.45, 7) is 7.50. The summed E-state index contributed by atoms with van der Waals surface area (Å²) in [4.78, 5) is 4.20. The number of hydrogen-bond donors (Lipinski definition) is 2. The second-order valence-corrected chi connectivity index (χ2v) is 4.81. The Labute approximate surface area is 103 Å². The van der Waals surface area contributed by atoms with Crippen LogP contribution in [-0.2, 0) is 6.42 Å². The Balaban J connectivity index is 2.18. The van der Waals surface area contributed by atoms with Gasteiger partial charge in [0, 0.05) is 18.4 Å². The maximum Gasteiger partial charge on any atom is 0.0720 e. The first-order valence-electron chi connectivity index (χ1n) is 6.33. The number of anilines is 1. The number of aromatic nitrogens is 1. The van der Waals surface area contributed by atoms with E-state index in [0.717, 1.165) is 25.1 Å². The van der Waals surface area contributed by atoms with Gasteiger partial charge in [-0.15, -0.1) is 0 Å². The van der Waals surface area contributed by atoms with E-state index < -0.39 is 0 Å². The zero-order valence-electron chi connectivity index (χ0n) is 10.9. The first-order chi connectivity index (χ1) is 8.17. The fourth-order valence-electron chi connectivity index (χ4n) is 2.24. The van der Waals surface area contributed by atoms with Crippen LogP contribution in [0.1, 0.15) is 32.8 Å². The van der Waals surface area contributed by atoms with E-state index in [4.69, 9.17) is 0 Å². The zero-order chi connectivity index (χ0) is 12.3. The van der Waals surface area contributed by atoms with Crippen molar-refractivity contribution in [2.24, 2.45) is 0 Å². The van der Waals surface area contributed by atoms with Crippen molar-refractivity contribution in [3.8, 4) is 0 Å². The standard InChI is InChI=1S/C14H21N3/c1-4-11-6-7-15-9-13(11)17-14(3)8-12(5-2)16-10-14/h6-9,16-17H,4-5,10H2,1-3H3. The minimum Gasteiger partial charge on any atom is -0.386 e. The van der Waals surface area contributed by atoms with Gasteiger partial charge in [-0.3, -0.25) is 4.98 Å². The van der Waals surface area contributed by atoms with Crippen molar-refractivity contribution in [2.45, 2.75) is 39.2 Å². The Morgan fingerprint density at radius 1 is 1.41 bits per heavy atom. The van der Waals surface area contributed by atoms with E-state index in [0.29, 0.717) is 0 Å². The molecule has 1 atom stereocenters. The number of pyridine rings is 1. The third kappa shape index (κ3) is 2.60. The molecule has 2 rings (SSSR count). The van der Waals surface area contributed by atoms with Crippen molar-refractivity contribution in [3.05, 3.63) is 35.8 Å². The quantitative estimate of drug-likeness (QED) is 0.836. The first kappa shape index (κ1) is 12.0. The second kappa shape index (κ2) is 4.78. The monoisotopic (exact) mass is 231 g/mol. The Morgan fingerprint density at radius 3 is 2.88 bits per heavy atom. The van der Waals surface area contributed by atoms with Gasteiger partial charge in [0.25, 0.3) is 0 Å². The molecule has 0 radical (unpaired) electrons. The van der Waals surface area contributed by atoms with Crippen LogP contribution in [0.4, 0.5) is 5.69 Å². The average Bonchev–Trinajstić information content (AvgIpc) is 2.72. The predicted octanol–water partition coefficient (Wildman–Crippen LogP) is 2.71. The van der Waals surface area contributed by atoms with Gasteiger partial charge in [-0.25, -0.2) is 0 Å². The van der Waals surface area contributed by atoms with Gasteiger partial charge in [0.2, 0.25) is 0 Å². The molecule has 0 saturated carbocycles. The molecule has 92 valence electrons. The molecule has 17 heavy (non-hydrogen) atoms. The molecule has 0 bridgehead atoms. The molecule has 1 aromatic rings. The second-order valence-electron chi connectivity index (χ2n) is 4.81. The average molecular weight is 231 g/mol. The Bertz CT molecular complexity index is 425. The van der Waals surface area contributed by atoms with Gasteiger partial charge in [0.05, 0.1) is 17.4 Å². The number of allylic oxidation sites excluding steroid dienone is 1.